The molecule has 0 bridgehead atoms. The molecule has 1 aliphatic heterocycles. The van der Waals surface area contributed by atoms with E-state index in [4.69, 9.17) is 9.72 Å². The molecule has 0 unspecified atom stereocenters. The van der Waals surface area contributed by atoms with Crippen LogP contribution in [-0.2, 0) is 21.7 Å². The lowest BCUT2D eigenvalue weighted by Crippen LogP contribution is -2.27. The van der Waals surface area contributed by atoms with Gasteiger partial charge in [0.15, 0.2) is 0 Å². The van der Waals surface area contributed by atoms with Gasteiger partial charge in [0.05, 0.1) is 23.4 Å². The van der Waals surface area contributed by atoms with Crippen molar-refractivity contribution in [1.29, 1.82) is 0 Å². The minimum Gasteiger partial charge on any atom is -0.457 e. The van der Waals surface area contributed by atoms with Gasteiger partial charge in [-0.15, -0.1) is 0 Å². The number of fused-ring (bicyclic) bond motifs is 3. The number of nitrogens with zero attached hydrogens (tertiary/aromatic N) is 4. The molecular weight excluding hydrogens is 781 g/mol. The SMILES string of the molecule is CC(C)(C)c1cccc(N2C=C(c3ccccc3)N(c3cc(Oc4cc(C(C)(C)C)c5c6ccccc6n(-c6cc(C(C)(C)C)ccn6)c5c4)cc(C(C)(C)c4ccccc4)c3)C2)c1. The molecule has 9 rings (SSSR count). The maximum absolute atomic E-state index is 7.27. The van der Waals surface area contributed by atoms with Crippen LogP contribution in [0.15, 0.2) is 164 Å². The predicted octanol–water partition coefficient (Wildman–Crippen LogP) is 15.5. The van der Waals surface area contributed by atoms with Crippen LogP contribution in [-0.4, -0.2) is 16.2 Å². The Labute approximate surface area is 380 Å². The second-order valence-corrected chi connectivity index (χ2v) is 21.1. The Balaban J connectivity index is 1.23. The number of hydrogen-bond acceptors (Lipinski definition) is 4. The van der Waals surface area contributed by atoms with E-state index in [1.165, 1.54) is 44.3 Å². The molecule has 324 valence electrons. The average Bonchev–Trinajstić information content (AvgIpc) is 3.86. The molecule has 0 fully saturated rings. The molecule has 0 aliphatic carbocycles. The van der Waals surface area contributed by atoms with E-state index in [1.807, 2.05) is 6.20 Å². The summed E-state index contributed by atoms with van der Waals surface area (Å²) < 4.78 is 9.60. The highest BCUT2D eigenvalue weighted by atomic mass is 16.5. The first kappa shape index (κ1) is 42.7. The summed E-state index contributed by atoms with van der Waals surface area (Å²) in [5.41, 5.74) is 12.4. The molecule has 3 heterocycles. The van der Waals surface area contributed by atoms with Crippen molar-refractivity contribution in [2.45, 2.75) is 97.8 Å². The minimum atomic E-state index is -0.330. The van der Waals surface area contributed by atoms with Gasteiger partial charge in [0.1, 0.15) is 17.3 Å². The van der Waals surface area contributed by atoms with Gasteiger partial charge >= 0.3 is 0 Å². The summed E-state index contributed by atoms with van der Waals surface area (Å²) in [6.45, 7) is 25.8. The lowest BCUT2D eigenvalue weighted by Gasteiger charge is -2.30. The van der Waals surface area contributed by atoms with Gasteiger partial charge in [-0.05, 0) is 98.2 Å². The Hall–Kier alpha value is -6.59. The fourth-order valence-electron chi connectivity index (χ4n) is 9.15. The Kier molecular flexibility index (Phi) is 10.6. The van der Waals surface area contributed by atoms with Crippen LogP contribution >= 0.6 is 0 Å². The number of para-hydroxylation sites is 1. The Morgan fingerprint density at radius 3 is 1.83 bits per heavy atom. The van der Waals surface area contributed by atoms with Gasteiger partial charge in [-0.1, -0.05) is 167 Å². The Bertz CT molecular complexity index is 3030. The molecule has 0 atom stereocenters. The molecule has 0 N–H and O–H groups in total. The standard InChI is InChI=1S/C59H62N4O/c1-56(2,3)42-25-20-26-45(31-42)61-38-53(40-21-14-12-15-22-40)62(39-61)46-32-44(59(10,11)41-23-16-13-17-24-41)33-47(35-46)64-48-36-50(58(7,8)9)55-49-27-18-19-28-51(49)63(52(55)37-48)54-34-43(29-30-60-54)57(4,5)6/h12-38H,39H2,1-11H3. The van der Waals surface area contributed by atoms with E-state index in [2.05, 4.69) is 248 Å². The molecule has 6 aromatic carbocycles. The van der Waals surface area contributed by atoms with Gasteiger partial charge in [0.2, 0.25) is 0 Å². The third-order valence-electron chi connectivity index (χ3n) is 13.0. The number of ether oxygens (including phenoxy) is 1. The number of pyridine rings is 1. The second-order valence-electron chi connectivity index (χ2n) is 21.1. The van der Waals surface area contributed by atoms with E-state index in [0.717, 1.165) is 45.3 Å². The Morgan fingerprint density at radius 1 is 0.500 bits per heavy atom. The van der Waals surface area contributed by atoms with Crippen molar-refractivity contribution in [3.05, 3.63) is 197 Å². The zero-order valence-corrected chi connectivity index (χ0v) is 39.5. The van der Waals surface area contributed by atoms with Gasteiger partial charge in [0, 0.05) is 52.1 Å². The van der Waals surface area contributed by atoms with E-state index in [9.17, 15) is 0 Å². The maximum Gasteiger partial charge on any atom is 0.137 e. The van der Waals surface area contributed by atoms with Crippen molar-refractivity contribution in [3.63, 3.8) is 0 Å². The maximum atomic E-state index is 7.27. The molecule has 0 saturated heterocycles. The highest BCUT2D eigenvalue weighted by Gasteiger charge is 2.31. The zero-order chi connectivity index (χ0) is 45.2. The quantitative estimate of drug-likeness (QED) is 0.153. The van der Waals surface area contributed by atoms with E-state index < -0.39 is 0 Å². The molecule has 5 nitrogen and oxygen atoms in total. The van der Waals surface area contributed by atoms with Crippen LogP contribution in [0.3, 0.4) is 0 Å². The summed E-state index contributed by atoms with van der Waals surface area (Å²) in [6.07, 6.45) is 4.25. The third kappa shape index (κ3) is 8.09. The van der Waals surface area contributed by atoms with Crippen molar-refractivity contribution in [2.24, 2.45) is 0 Å². The predicted molar refractivity (Wildman–Crippen MR) is 270 cm³/mol. The van der Waals surface area contributed by atoms with Crippen LogP contribution in [0, 0.1) is 0 Å². The summed E-state index contributed by atoms with van der Waals surface area (Å²) in [5, 5.41) is 2.43. The average molecular weight is 843 g/mol. The Morgan fingerprint density at radius 2 is 1.12 bits per heavy atom. The summed E-state index contributed by atoms with van der Waals surface area (Å²) >= 11 is 0. The van der Waals surface area contributed by atoms with Gasteiger partial charge < -0.3 is 14.5 Å². The number of rotatable bonds is 8. The summed E-state index contributed by atoms with van der Waals surface area (Å²) in [7, 11) is 0. The minimum absolute atomic E-state index is 0.0300. The monoisotopic (exact) mass is 842 g/mol. The largest absolute Gasteiger partial charge is 0.457 e. The summed E-state index contributed by atoms with van der Waals surface area (Å²) in [5.74, 6) is 2.47. The topological polar surface area (TPSA) is 33.5 Å². The van der Waals surface area contributed by atoms with Gasteiger partial charge in [-0.25, -0.2) is 4.98 Å². The van der Waals surface area contributed by atoms with Gasteiger partial charge in [0.25, 0.3) is 0 Å². The fraction of sp³-hybridized carbons (Fsp3) is 0.271. The highest BCUT2D eigenvalue weighted by molar-refractivity contribution is 6.11. The van der Waals surface area contributed by atoms with E-state index in [0.29, 0.717) is 6.67 Å². The number of aromatic nitrogens is 2. The lowest BCUT2D eigenvalue weighted by molar-refractivity contribution is 0.477. The first-order valence-corrected chi connectivity index (χ1v) is 22.7. The zero-order valence-electron chi connectivity index (χ0n) is 39.5. The fourth-order valence-corrected chi connectivity index (χ4v) is 9.15. The van der Waals surface area contributed by atoms with Crippen molar-refractivity contribution >= 4 is 38.9 Å². The number of hydrogen-bond donors (Lipinski definition) is 0. The molecule has 0 saturated carbocycles. The molecule has 8 aromatic rings. The van der Waals surface area contributed by atoms with E-state index in [-0.39, 0.29) is 21.7 Å². The summed E-state index contributed by atoms with van der Waals surface area (Å²) in [6, 6.07) is 55.0. The van der Waals surface area contributed by atoms with Crippen molar-refractivity contribution in [3.8, 4) is 17.3 Å². The first-order chi connectivity index (χ1) is 30.4. The molecule has 64 heavy (non-hydrogen) atoms. The molecular formula is C59H62N4O. The normalized spacial score (nSPS) is 13.8. The van der Waals surface area contributed by atoms with Crippen LogP contribution in [0.5, 0.6) is 11.5 Å². The van der Waals surface area contributed by atoms with Gasteiger partial charge in [-0.3, -0.25) is 4.57 Å². The van der Waals surface area contributed by atoms with Crippen LogP contribution in [0.1, 0.15) is 110 Å². The second kappa shape index (κ2) is 15.9. The first-order valence-electron chi connectivity index (χ1n) is 22.7. The molecule has 0 amide bonds. The van der Waals surface area contributed by atoms with E-state index in [1.54, 1.807) is 0 Å². The van der Waals surface area contributed by atoms with Crippen LogP contribution in [0.4, 0.5) is 11.4 Å². The van der Waals surface area contributed by atoms with Crippen LogP contribution < -0.4 is 14.5 Å². The number of benzene rings is 6. The van der Waals surface area contributed by atoms with E-state index >= 15 is 0 Å². The van der Waals surface area contributed by atoms with Crippen molar-refractivity contribution in [1.82, 2.24) is 9.55 Å². The summed E-state index contributed by atoms with van der Waals surface area (Å²) in [4.78, 5) is 9.82. The van der Waals surface area contributed by atoms with Crippen molar-refractivity contribution < 1.29 is 4.74 Å². The molecule has 0 radical (unpaired) electrons. The molecule has 0 spiro atoms. The van der Waals surface area contributed by atoms with Crippen molar-refractivity contribution in [2.75, 3.05) is 16.5 Å². The smallest absolute Gasteiger partial charge is 0.137 e. The lowest BCUT2D eigenvalue weighted by atomic mass is 9.78. The molecule has 1 aliphatic rings. The molecule has 2 aromatic heterocycles. The third-order valence-corrected chi connectivity index (χ3v) is 13.0. The van der Waals surface area contributed by atoms with Gasteiger partial charge in [-0.2, -0.15) is 0 Å². The van der Waals surface area contributed by atoms with Crippen LogP contribution in [0.2, 0.25) is 0 Å². The molecule has 5 heteroatoms. The van der Waals surface area contributed by atoms with Crippen LogP contribution in [0.25, 0.3) is 33.3 Å². The number of anilines is 2. The highest BCUT2D eigenvalue weighted by Crippen LogP contribution is 2.45.